The van der Waals surface area contributed by atoms with Gasteiger partial charge in [-0.3, -0.25) is 4.79 Å². The Labute approximate surface area is 150 Å². The first kappa shape index (κ1) is 18.9. The summed E-state index contributed by atoms with van der Waals surface area (Å²) in [7, 11) is 0. The molecule has 0 unspecified atom stereocenters. The third-order valence-electron chi connectivity index (χ3n) is 3.75. The molecule has 0 radical (unpaired) electrons. The van der Waals surface area contributed by atoms with Crippen molar-refractivity contribution in [2.24, 2.45) is 5.92 Å². The topological polar surface area (TPSA) is 66.9 Å². The maximum atomic E-state index is 12.7. The van der Waals surface area contributed by atoms with Crippen LogP contribution in [-0.4, -0.2) is 22.4 Å². The highest BCUT2D eigenvalue weighted by molar-refractivity contribution is 6.03. The smallest absolute Gasteiger partial charge is 0.274 e. The van der Waals surface area contributed by atoms with Gasteiger partial charge >= 0.3 is 0 Å². The summed E-state index contributed by atoms with van der Waals surface area (Å²) in [6.45, 7) is 13.2. The molecule has 2 aromatic rings. The first-order valence-corrected chi connectivity index (χ1v) is 8.67. The Balaban J connectivity index is 2.25. The van der Waals surface area contributed by atoms with Gasteiger partial charge < -0.3 is 10.6 Å². The maximum absolute atomic E-state index is 12.7. The Morgan fingerprint density at radius 2 is 1.84 bits per heavy atom. The number of para-hydroxylation sites is 1. The van der Waals surface area contributed by atoms with E-state index in [-0.39, 0.29) is 11.3 Å². The third kappa shape index (κ3) is 5.28. The molecule has 0 fully saturated rings. The average molecular weight is 340 g/mol. The summed E-state index contributed by atoms with van der Waals surface area (Å²) in [5, 5.41) is 6.24. The number of carbonyl (C=O) groups is 1. The predicted octanol–water partition coefficient (Wildman–Crippen LogP) is 4.40. The zero-order valence-corrected chi connectivity index (χ0v) is 16.0. The van der Waals surface area contributed by atoms with E-state index in [1.165, 1.54) is 0 Å². The van der Waals surface area contributed by atoms with Crippen LogP contribution in [0.2, 0.25) is 0 Å². The molecular formula is C20H28N4O. The molecular weight excluding hydrogens is 312 g/mol. The highest BCUT2D eigenvalue weighted by Gasteiger charge is 2.19. The lowest BCUT2D eigenvalue weighted by Gasteiger charge is -2.23. The zero-order valence-electron chi connectivity index (χ0n) is 16.0. The van der Waals surface area contributed by atoms with E-state index in [1.54, 1.807) is 13.0 Å². The molecule has 25 heavy (non-hydrogen) atoms. The number of hydrogen-bond acceptors (Lipinski definition) is 4. The van der Waals surface area contributed by atoms with E-state index < -0.39 is 0 Å². The van der Waals surface area contributed by atoms with E-state index in [2.05, 4.69) is 55.2 Å². The summed E-state index contributed by atoms with van der Waals surface area (Å²) in [6, 6.07) is 9.57. The molecule has 134 valence electrons. The van der Waals surface area contributed by atoms with Gasteiger partial charge in [-0.15, -0.1) is 0 Å². The van der Waals surface area contributed by atoms with Crippen LogP contribution in [0.4, 0.5) is 11.5 Å². The monoisotopic (exact) mass is 340 g/mol. The molecule has 5 heteroatoms. The highest BCUT2D eigenvalue weighted by atomic mass is 16.1. The Hall–Kier alpha value is -2.43. The first-order valence-electron chi connectivity index (χ1n) is 8.67. The van der Waals surface area contributed by atoms with E-state index in [0.717, 1.165) is 17.8 Å². The lowest BCUT2D eigenvalue weighted by Crippen LogP contribution is -2.20. The van der Waals surface area contributed by atoms with Crippen molar-refractivity contribution >= 4 is 17.4 Å². The van der Waals surface area contributed by atoms with Gasteiger partial charge in [0.2, 0.25) is 0 Å². The summed E-state index contributed by atoms with van der Waals surface area (Å²) in [6.07, 6.45) is 0. The number of aryl methyl sites for hydroxylation is 1. The van der Waals surface area contributed by atoms with Gasteiger partial charge in [0.25, 0.3) is 5.91 Å². The van der Waals surface area contributed by atoms with Crippen LogP contribution in [-0.2, 0) is 5.41 Å². The van der Waals surface area contributed by atoms with Crippen LogP contribution in [0.3, 0.4) is 0 Å². The first-order chi connectivity index (χ1) is 11.7. The lowest BCUT2D eigenvalue weighted by atomic mass is 9.86. The van der Waals surface area contributed by atoms with E-state index in [9.17, 15) is 4.79 Å². The fourth-order valence-electron chi connectivity index (χ4n) is 2.52. The second-order valence-corrected chi connectivity index (χ2v) is 7.71. The van der Waals surface area contributed by atoms with Crippen LogP contribution in [0.1, 0.15) is 56.5 Å². The van der Waals surface area contributed by atoms with Gasteiger partial charge in [0.05, 0.1) is 0 Å². The van der Waals surface area contributed by atoms with Crippen molar-refractivity contribution in [2.75, 3.05) is 17.2 Å². The molecule has 2 rings (SSSR count). The third-order valence-corrected chi connectivity index (χ3v) is 3.75. The molecule has 0 atom stereocenters. The van der Waals surface area contributed by atoms with Gasteiger partial charge in [-0.1, -0.05) is 52.8 Å². The van der Waals surface area contributed by atoms with Crippen LogP contribution < -0.4 is 10.6 Å². The number of hydrogen-bond donors (Lipinski definition) is 2. The van der Waals surface area contributed by atoms with Gasteiger partial charge in [-0.25, -0.2) is 9.97 Å². The van der Waals surface area contributed by atoms with E-state index >= 15 is 0 Å². The second-order valence-electron chi connectivity index (χ2n) is 7.71. The summed E-state index contributed by atoms with van der Waals surface area (Å²) in [4.78, 5) is 21.3. The van der Waals surface area contributed by atoms with Gasteiger partial charge in [0, 0.05) is 18.3 Å². The SMILES string of the molecule is Cc1nc(NCC(C)C)cc(C(=O)Nc2ccccc2C(C)(C)C)n1. The summed E-state index contributed by atoms with van der Waals surface area (Å²) in [5.41, 5.74) is 2.21. The number of nitrogens with zero attached hydrogens (tertiary/aromatic N) is 2. The molecule has 0 bridgehead atoms. The Bertz CT molecular complexity index is 748. The molecule has 1 heterocycles. The Morgan fingerprint density at radius 3 is 2.48 bits per heavy atom. The van der Waals surface area contributed by atoms with Crippen LogP contribution in [0.25, 0.3) is 0 Å². The van der Waals surface area contributed by atoms with Crippen LogP contribution >= 0.6 is 0 Å². The Kier molecular flexibility index (Phi) is 5.77. The number of carbonyl (C=O) groups excluding carboxylic acids is 1. The van der Waals surface area contributed by atoms with Gasteiger partial charge in [0.15, 0.2) is 0 Å². The summed E-state index contributed by atoms with van der Waals surface area (Å²) in [5.74, 6) is 1.51. The van der Waals surface area contributed by atoms with Crippen molar-refractivity contribution < 1.29 is 4.79 Å². The fraction of sp³-hybridized carbons (Fsp3) is 0.450. The minimum absolute atomic E-state index is 0.0601. The van der Waals surface area contributed by atoms with Crippen molar-refractivity contribution in [1.82, 2.24) is 9.97 Å². The van der Waals surface area contributed by atoms with Gasteiger partial charge in [-0.05, 0) is 29.9 Å². The normalized spacial score (nSPS) is 11.5. The predicted molar refractivity (Wildman–Crippen MR) is 103 cm³/mol. The Morgan fingerprint density at radius 1 is 1.16 bits per heavy atom. The highest BCUT2D eigenvalue weighted by Crippen LogP contribution is 2.29. The minimum Gasteiger partial charge on any atom is -0.370 e. The molecule has 0 aliphatic carbocycles. The van der Waals surface area contributed by atoms with Crippen LogP contribution in [0, 0.1) is 12.8 Å². The standard InChI is InChI=1S/C20H28N4O/c1-13(2)12-21-18-11-17(22-14(3)23-18)19(25)24-16-10-8-7-9-15(16)20(4,5)6/h7-11,13H,12H2,1-6H3,(H,24,25)(H,21,22,23). The fourth-order valence-corrected chi connectivity index (χ4v) is 2.52. The number of nitrogens with one attached hydrogen (secondary N) is 2. The average Bonchev–Trinajstić information content (AvgIpc) is 2.52. The number of amides is 1. The molecule has 1 aromatic heterocycles. The van der Waals surface area contributed by atoms with E-state index in [4.69, 9.17) is 0 Å². The number of anilines is 2. The summed E-state index contributed by atoms with van der Waals surface area (Å²) < 4.78 is 0. The number of rotatable bonds is 5. The molecule has 0 spiro atoms. The number of benzene rings is 1. The van der Waals surface area contributed by atoms with Crippen molar-refractivity contribution in [3.63, 3.8) is 0 Å². The molecule has 0 aliphatic rings. The second kappa shape index (κ2) is 7.64. The van der Waals surface area contributed by atoms with Crippen molar-refractivity contribution in [2.45, 2.75) is 47.0 Å². The summed E-state index contributed by atoms with van der Waals surface area (Å²) >= 11 is 0. The molecule has 0 saturated carbocycles. The maximum Gasteiger partial charge on any atom is 0.274 e. The van der Waals surface area contributed by atoms with Crippen LogP contribution in [0.15, 0.2) is 30.3 Å². The van der Waals surface area contributed by atoms with Crippen molar-refractivity contribution in [3.8, 4) is 0 Å². The van der Waals surface area contributed by atoms with E-state index in [0.29, 0.717) is 23.3 Å². The quantitative estimate of drug-likeness (QED) is 0.846. The molecule has 1 amide bonds. The van der Waals surface area contributed by atoms with Crippen molar-refractivity contribution in [1.29, 1.82) is 0 Å². The molecule has 5 nitrogen and oxygen atoms in total. The lowest BCUT2D eigenvalue weighted by molar-refractivity contribution is 0.102. The van der Waals surface area contributed by atoms with Gasteiger partial charge in [-0.2, -0.15) is 0 Å². The molecule has 0 aliphatic heterocycles. The van der Waals surface area contributed by atoms with E-state index in [1.807, 2.05) is 24.3 Å². The molecule has 0 saturated heterocycles. The zero-order chi connectivity index (χ0) is 18.6. The van der Waals surface area contributed by atoms with Crippen LogP contribution in [0.5, 0.6) is 0 Å². The van der Waals surface area contributed by atoms with Crippen molar-refractivity contribution in [3.05, 3.63) is 47.4 Å². The van der Waals surface area contributed by atoms with Gasteiger partial charge in [0.1, 0.15) is 17.3 Å². The largest absolute Gasteiger partial charge is 0.370 e. The molecule has 1 aromatic carbocycles. The molecule has 2 N–H and O–H groups in total. The minimum atomic E-state index is -0.227. The number of aromatic nitrogens is 2.